The van der Waals surface area contributed by atoms with E-state index in [2.05, 4.69) is 52.5 Å². The minimum absolute atomic E-state index is 0.301. The fourth-order valence-corrected chi connectivity index (χ4v) is 7.05. The van der Waals surface area contributed by atoms with Crippen LogP contribution >= 0.6 is 11.3 Å². The van der Waals surface area contributed by atoms with E-state index in [9.17, 15) is 5.02 Å². The molecule has 168 valence electrons. The summed E-state index contributed by atoms with van der Waals surface area (Å²) in [5.74, 6) is 1.43. The fourth-order valence-electron chi connectivity index (χ4n) is 6.09. The van der Waals surface area contributed by atoms with Gasteiger partial charge in [0.05, 0.1) is 0 Å². The average Bonchev–Trinajstić information content (AvgIpc) is 3.28. The van der Waals surface area contributed by atoms with Crippen molar-refractivity contribution >= 4 is 34.3 Å². The monoisotopic (exact) mass is 440 g/mol. The van der Waals surface area contributed by atoms with Crippen LogP contribution in [0.3, 0.4) is 0 Å². The number of hydrogen-bond acceptors (Lipinski definition) is 6. The molecule has 1 N–H and O–H groups in total. The van der Waals surface area contributed by atoms with Gasteiger partial charge < -0.3 is 14.7 Å². The SMILES string of the molecule is CCc1cc2c(N3CCC4(C3)CN(C(CC(C)C)C3CN(B(C)O)C3)C4)ccnc2s1. The van der Waals surface area contributed by atoms with Crippen molar-refractivity contribution in [2.45, 2.75) is 52.9 Å². The molecule has 3 aliphatic heterocycles. The van der Waals surface area contributed by atoms with Gasteiger partial charge in [0.25, 0.3) is 0 Å². The number of rotatable bonds is 7. The van der Waals surface area contributed by atoms with Gasteiger partial charge in [-0.25, -0.2) is 4.98 Å². The van der Waals surface area contributed by atoms with E-state index >= 15 is 0 Å². The lowest BCUT2D eigenvalue weighted by Crippen LogP contribution is -2.67. The third kappa shape index (κ3) is 4.03. The van der Waals surface area contributed by atoms with E-state index in [4.69, 9.17) is 0 Å². The van der Waals surface area contributed by atoms with Crippen molar-refractivity contribution in [3.8, 4) is 0 Å². The van der Waals surface area contributed by atoms with Gasteiger partial charge in [-0.1, -0.05) is 20.8 Å². The molecule has 31 heavy (non-hydrogen) atoms. The maximum absolute atomic E-state index is 9.86. The molecule has 3 fully saturated rings. The van der Waals surface area contributed by atoms with Crippen molar-refractivity contribution in [2.75, 3.05) is 44.2 Å². The highest BCUT2D eigenvalue weighted by Crippen LogP contribution is 2.45. The molecule has 2 aromatic rings. The molecule has 5 heterocycles. The van der Waals surface area contributed by atoms with E-state index < -0.39 is 0 Å². The quantitative estimate of drug-likeness (QED) is 0.663. The summed E-state index contributed by atoms with van der Waals surface area (Å²) in [6.45, 7) is 15.8. The Morgan fingerprint density at radius 3 is 2.74 bits per heavy atom. The van der Waals surface area contributed by atoms with Gasteiger partial charge in [-0.3, -0.25) is 4.90 Å². The molecule has 5 nitrogen and oxygen atoms in total. The van der Waals surface area contributed by atoms with Gasteiger partial charge in [0.15, 0.2) is 0 Å². The van der Waals surface area contributed by atoms with Crippen LogP contribution in [0.1, 0.15) is 38.5 Å². The Bertz CT molecular complexity index is 919. The molecule has 2 aromatic heterocycles. The lowest BCUT2D eigenvalue weighted by atomic mass is 9.71. The Morgan fingerprint density at radius 2 is 2.06 bits per heavy atom. The average molecular weight is 440 g/mol. The molecular weight excluding hydrogens is 403 g/mol. The number of anilines is 1. The van der Waals surface area contributed by atoms with Gasteiger partial charge in [0, 0.05) is 59.8 Å². The maximum Gasteiger partial charge on any atom is 0.376 e. The van der Waals surface area contributed by atoms with Crippen molar-refractivity contribution < 1.29 is 5.02 Å². The van der Waals surface area contributed by atoms with Gasteiger partial charge in [-0.15, -0.1) is 11.3 Å². The van der Waals surface area contributed by atoms with E-state index in [0.717, 1.165) is 25.4 Å². The van der Waals surface area contributed by atoms with E-state index in [1.807, 2.05) is 24.4 Å². The maximum atomic E-state index is 9.86. The number of nitrogens with zero attached hydrogens (tertiary/aromatic N) is 4. The first-order valence-electron chi connectivity index (χ1n) is 12.2. The number of hydrogen-bond donors (Lipinski definition) is 1. The second-order valence-electron chi connectivity index (χ2n) is 10.7. The van der Waals surface area contributed by atoms with Crippen molar-refractivity contribution in [1.29, 1.82) is 0 Å². The number of aromatic nitrogens is 1. The van der Waals surface area contributed by atoms with Gasteiger partial charge in [0.2, 0.25) is 0 Å². The van der Waals surface area contributed by atoms with Crippen molar-refractivity contribution in [3.05, 3.63) is 23.2 Å². The number of fused-ring (bicyclic) bond motifs is 1. The second kappa shape index (κ2) is 8.33. The molecule has 0 saturated carbocycles. The predicted octanol–water partition coefficient (Wildman–Crippen LogP) is 3.83. The Labute approximate surface area is 191 Å². The van der Waals surface area contributed by atoms with Gasteiger partial charge in [-0.05, 0) is 63.1 Å². The molecule has 5 rings (SSSR count). The van der Waals surface area contributed by atoms with E-state index in [1.165, 1.54) is 59.8 Å². The van der Waals surface area contributed by atoms with Crippen molar-refractivity contribution in [1.82, 2.24) is 14.7 Å². The van der Waals surface area contributed by atoms with Crippen LogP contribution in [0.2, 0.25) is 6.82 Å². The predicted molar refractivity (Wildman–Crippen MR) is 132 cm³/mol. The fraction of sp³-hybridized carbons (Fsp3) is 0.708. The topological polar surface area (TPSA) is 42.8 Å². The third-order valence-electron chi connectivity index (χ3n) is 7.86. The van der Waals surface area contributed by atoms with Crippen molar-refractivity contribution in [2.24, 2.45) is 17.3 Å². The minimum Gasteiger partial charge on any atom is -0.437 e. The highest BCUT2D eigenvalue weighted by Gasteiger charge is 2.52. The Hall–Kier alpha value is -1.15. The lowest BCUT2D eigenvalue weighted by Gasteiger charge is -2.57. The van der Waals surface area contributed by atoms with E-state index in [0.29, 0.717) is 17.4 Å². The minimum atomic E-state index is -0.301. The van der Waals surface area contributed by atoms with Crippen LogP contribution in [0.4, 0.5) is 5.69 Å². The zero-order chi connectivity index (χ0) is 21.8. The molecule has 0 amide bonds. The van der Waals surface area contributed by atoms with Gasteiger partial charge in [-0.2, -0.15) is 0 Å². The summed E-state index contributed by atoms with van der Waals surface area (Å²) in [4.78, 5) is 14.9. The molecule has 0 aromatic carbocycles. The first kappa shape index (κ1) is 21.7. The molecule has 3 saturated heterocycles. The summed E-state index contributed by atoms with van der Waals surface area (Å²) in [5, 5.41) is 11.2. The Kier molecular flexibility index (Phi) is 5.82. The zero-order valence-corrected chi connectivity index (χ0v) is 20.4. The van der Waals surface area contributed by atoms with Gasteiger partial charge in [0.1, 0.15) is 4.83 Å². The summed E-state index contributed by atoms with van der Waals surface area (Å²) in [5.41, 5.74) is 1.85. The highest BCUT2D eigenvalue weighted by molar-refractivity contribution is 7.18. The van der Waals surface area contributed by atoms with Gasteiger partial charge >= 0.3 is 7.05 Å². The molecular formula is C24H37BN4OS. The molecule has 1 atom stereocenters. The van der Waals surface area contributed by atoms with Crippen LogP contribution in [-0.4, -0.2) is 72.1 Å². The summed E-state index contributed by atoms with van der Waals surface area (Å²) in [6.07, 6.45) is 5.66. The van der Waals surface area contributed by atoms with Crippen LogP contribution in [0, 0.1) is 17.3 Å². The van der Waals surface area contributed by atoms with E-state index in [1.54, 1.807) is 0 Å². The standard InChI is InChI=1S/C24H37BN4OS/c1-5-19-11-20-21(6-8-26-23(20)31-19)27-9-7-24(14-27)15-28(16-24)22(10-17(2)3)18-12-29(13-18)25(4)30/h6,8,11,17-18,22,30H,5,7,9-10,12-16H2,1-4H3. The Balaban J connectivity index is 1.25. The molecule has 7 heteroatoms. The molecule has 1 unspecified atom stereocenters. The summed E-state index contributed by atoms with van der Waals surface area (Å²) >= 11 is 1.85. The van der Waals surface area contributed by atoms with E-state index in [-0.39, 0.29) is 7.05 Å². The number of thiophene rings is 1. The zero-order valence-electron chi connectivity index (χ0n) is 19.5. The van der Waals surface area contributed by atoms with Crippen LogP contribution in [0.15, 0.2) is 18.3 Å². The summed E-state index contributed by atoms with van der Waals surface area (Å²) in [7, 11) is -0.301. The first-order valence-corrected chi connectivity index (χ1v) is 13.0. The number of aryl methyl sites for hydroxylation is 1. The smallest absolute Gasteiger partial charge is 0.376 e. The van der Waals surface area contributed by atoms with Crippen LogP contribution in [-0.2, 0) is 6.42 Å². The normalized spacial score (nSPS) is 23.0. The molecule has 0 aliphatic carbocycles. The summed E-state index contributed by atoms with van der Waals surface area (Å²) < 4.78 is 0. The van der Waals surface area contributed by atoms with Crippen molar-refractivity contribution in [3.63, 3.8) is 0 Å². The third-order valence-corrected chi connectivity index (χ3v) is 9.05. The molecule has 0 radical (unpaired) electrons. The molecule has 3 aliphatic rings. The Morgan fingerprint density at radius 1 is 1.29 bits per heavy atom. The lowest BCUT2D eigenvalue weighted by molar-refractivity contribution is -0.0623. The van der Waals surface area contributed by atoms with Crippen LogP contribution in [0.25, 0.3) is 10.2 Å². The first-order chi connectivity index (χ1) is 14.9. The van der Waals surface area contributed by atoms with Crippen LogP contribution < -0.4 is 4.90 Å². The van der Waals surface area contributed by atoms with Crippen LogP contribution in [0.5, 0.6) is 0 Å². The number of pyridine rings is 1. The summed E-state index contributed by atoms with van der Waals surface area (Å²) in [6, 6.07) is 5.26. The number of likely N-dealkylation sites (tertiary alicyclic amines) is 1. The highest BCUT2D eigenvalue weighted by atomic mass is 32.1. The molecule has 0 bridgehead atoms. The second-order valence-corrected chi connectivity index (χ2v) is 11.8. The largest absolute Gasteiger partial charge is 0.437 e. The molecule has 1 spiro atoms.